The summed E-state index contributed by atoms with van der Waals surface area (Å²) in [6.45, 7) is 11.2. The van der Waals surface area contributed by atoms with Crippen LogP contribution in [0.1, 0.15) is 110 Å². The second kappa shape index (κ2) is 45.1. The Labute approximate surface area is 354 Å². The summed E-state index contributed by atoms with van der Waals surface area (Å²) in [6, 6.07) is 5.91. The molecule has 0 aliphatic carbocycles. The average molecular weight is 846 g/mol. The van der Waals surface area contributed by atoms with E-state index in [1.54, 1.807) is 12.1 Å². The molecule has 15 nitrogen and oxygen atoms in total. The SMILES string of the molecule is CCCCCCCCCCCCCCCCCC(=O)OCCOCCOCCOCCOCCOCCOCCOCCOCCOCCOc1ccc([N+](=O)[O-])cc1. The third kappa shape index (κ3) is 40.7. The first-order valence-corrected chi connectivity index (χ1v) is 22.4. The van der Waals surface area contributed by atoms with Gasteiger partial charge in [0.25, 0.3) is 5.69 Å². The number of nitrogens with zero attached hydrogens (tertiary/aromatic N) is 1. The highest BCUT2D eigenvalue weighted by Gasteiger charge is 2.05. The van der Waals surface area contributed by atoms with Crippen molar-refractivity contribution in [3.63, 3.8) is 0 Å². The Kier molecular flexibility index (Phi) is 41.7. The van der Waals surface area contributed by atoms with Crippen LogP contribution in [0.2, 0.25) is 0 Å². The zero-order valence-electron chi connectivity index (χ0n) is 36.4. The molecular formula is C44H79NO14. The van der Waals surface area contributed by atoms with Gasteiger partial charge in [-0.3, -0.25) is 14.9 Å². The van der Waals surface area contributed by atoms with Crippen LogP contribution in [0.3, 0.4) is 0 Å². The molecule has 1 aromatic carbocycles. The lowest BCUT2D eigenvalue weighted by Gasteiger charge is -2.09. The first kappa shape index (κ1) is 54.5. The lowest BCUT2D eigenvalue weighted by Crippen LogP contribution is -2.15. The van der Waals surface area contributed by atoms with E-state index in [0.29, 0.717) is 138 Å². The molecule has 0 spiro atoms. The van der Waals surface area contributed by atoms with E-state index in [0.717, 1.165) is 12.8 Å². The predicted molar refractivity (Wildman–Crippen MR) is 226 cm³/mol. The Morgan fingerprint density at radius 1 is 0.424 bits per heavy atom. The topological polar surface area (TPSA) is 162 Å². The van der Waals surface area contributed by atoms with Crippen LogP contribution in [0.5, 0.6) is 5.75 Å². The van der Waals surface area contributed by atoms with Gasteiger partial charge in [0.15, 0.2) is 0 Å². The summed E-state index contributed by atoms with van der Waals surface area (Å²) in [4.78, 5) is 22.1. The van der Waals surface area contributed by atoms with Gasteiger partial charge in [0.05, 0.1) is 124 Å². The Hall–Kier alpha value is -2.47. The van der Waals surface area contributed by atoms with E-state index < -0.39 is 4.92 Å². The number of ether oxygens (including phenoxy) is 11. The number of benzene rings is 1. The number of carbonyl (C=O) groups is 1. The molecule has 0 saturated heterocycles. The molecule has 0 aliphatic heterocycles. The van der Waals surface area contributed by atoms with Crippen LogP contribution in [0.15, 0.2) is 24.3 Å². The maximum Gasteiger partial charge on any atom is 0.305 e. The van der Waals surface area contributed by atoms with Crippen LogP contribution >= 0.6 is 0 Å². The van der Waals surface area contributed by atoms with Gasteiger partial charge in [0.1, 0.15) is 19.0 Å². The molecule has 0 atom stereocenters. The van der Waals surface area contributed by atoms with Gasteiger partial charge in [-0.05, 0) is 18.6 Å². The molecule has 59 heavy (non-hydrogen) atoms. The van der Waals surface area contributed by atoms with E-state index >= 15 is 0 Å². The molecule has 0 bridgehead atoms. The molecule has 0 unspecified atom stereocenters. The molecule has 344 valence electrons. The van der Waals surface area contributed by atoms with Crippen molar-refractivity contribution in [2.24, 2.45) is 0 Å². The van der Waals surface area contributed by atoms with E-state index in [4.69, 9.17) is 52.1 Å². The zero-order chi connectivity index (χ0) is 42.4. The van der Waals surface area contributed by atoms with Gasteiger partial charge in [-0.1, -0.05) is 96.8 Å². The van der Waals surface area contributed by atoms with E-state index in [2.05, 4.69) is 6.92 Å². The highest BCUT2D eigenvalue weighted by atomic mass is 16.6. The highest BCUT2D eigenvalue weighted by molar-refractivity contribution is 5.69. The molecule has 0 heterocycles. The number of non-ortho nitro benzene ring substituents is 1. The van der Waals surface area contributed by atoms with Gasteiger partial charge in [-0.25, -0.2) is 0 Å². The van der Waals surface area contributed by atoms with Gasteiger partial charge >= 0.3 is 5.97 Å². The fourth-order valence-corrected chi connectivity index (χ4v) is 5.67. The summed E-state index contributed by atoms with van der Waals surface area (Å²) >= 11 is 0. The summed E-state index contributed by atoms with van der Waals surface area (Å²) < 4.78 is 60.1. The molecular weight excluding hydrogens is 766 g/mol. The van der Waals surface area contributed by atoms with Gasteiger partial charge in [0.2, 0.25) is 0 Å². The molecule has 15 heteroatoms. The molecule has 0 aromatic heterocycles. The number of nitro benzene ring substituents is 1. The van der Waals surface area contributed by atoms with Crippen LogP contribution in [0.25, 0.3) is 0 Å². The minimum atomic E-state index is -0.451. The normalized spacial score (nSPS) is 11.3. The number of esters is 1. The summed E-state index contributed by atoms with van der Waals surface area (Å²) in [5.41, 5.74) is 0.0244. The molecule has 0 amide bonds. The standard InChI is InChI=1S/C44H79NO14/c1-2-3-4-5-6-7-8-9-10-11-12-13-14-15-16-17-44(46)59-41-39-57-37-35-55-33-31-53-29-27-51-25-23-49-22-24-50-26-28-52-30-32-54-34-36-56-38-40-58-43-20-18-42(19-21-43)45(47)48/h18-21H,2-17,22-41H2,1H3. The Balaban J connectivity index is 1.65. The van der Waals surface area contributed by atoms with Crippen molar-refractivity contribution in [1.29, 1.82) is 0 Å². The van der Waals surface area contributed by atoms with Gasteiger partial charge < -0.3 is 52.1 Å². The number of hydrogen-bond donors (Lipinski definition) is 0. The summed E-state index contributed by atoms with van der Waals surface area (Å²) in [5.74, 6) is 0.417. The smallest absolute Gasteiger partial charge is 0.305 e. The maximum absolute atomic E-state index is 11.9. The average Bonchev–Trinajstić information content (AvgIpc) is 3.24. The first-order valence-electron chi connectivity index (χ1n) is 22.4. The molecule has 1 rings (SSSR count). The van der Waals surface area contributed by atoms with Crippen molar-refractivity contribution in [3.05, 3.63) is 34.4 Å². The van der Waals surface area contributed by atoms with Crippen molar-refractivity contribution < 1.29 is 61.8 Å². The van der Waals surface area contributed by atoms with E-state index in [9.17, 15) is 14.9 Å². The highest BCUT2D eigenvalue weighted by Crippen LogP contribution is 2.17. The zero-order valence-corrected chi connectivity index (χ0v) is 36.4. The Bertz CT molecular complexity index is 1040. The molecule has 0 fully saturated rings. The Morgan fingerprint density at radius 2 is 0.712 bits per heavy atom. The second-order valence-electron chi connectivity index (χ2n) is 14.0. The Morgan fingerprint density at radius 3 is 1.03 bits per heavy atom. The van der Waals surface area contributed by atoms with Crippen molar-refractivity contribution in [3.8, 4) is 5.75 Å². The summed E-state index contributed by atoms with van der Waals surface area (Å²) in [5, 5.41) is 10.7. The van der Waals surface area contributed by atoms with Gasteiger partial charge in [0, 0.05) is 18.6 Å². The molecule has 0 radical (unpaired) electrons. The lowest BCUT2D eigenvalue weighted by atomic mass is 10.0. The third-order valence-electron chi connectivity index (χ3n) is 9.00. The minimum absolute atomic E-state index is 0.0244. The molecule has 1 aromatic rings. The van der Waals surface area contributed by atoms with Gasteiger partial charge in [-0.15, -0.1) is 0 Å². The second-order valence-corrected chi connectivity index (χ2v) is 14.0. The minimum Gasteiger partial charge on any atom is -0.491 e. The molecule has 0 N–H and O–H groups in total. The van der Waals surface area contributed by atoms with Crippen molar-refractivity contribution in [2.75, 3.05) is 132 Å². The summed E-state index contributed by atoms with van der Waals surface area (Å²) in [7, 11) is 0. The predicted octanol–water partition coefficient (Wildman–Crippen LogP) is 7.93. The van der Waals surface area contributed by atoms with Crippen LogP contribution in [-0.4, -0.2) is 143 Å². The monoisotopic (exact) mass is 846 g/mol. The number of nitro groups is 1. The van der Waals surface area contributed by atoms with Crippen molar-refractivity contribution >= 4 is 11.7 Å². The number of unbranched alkanes of at least 4 members (excludes halogenated alkanes) is 14. The maximum atomic E-state index is 11.9. The van der Waals surface area contributed by atoms with Crippen LogP contribution in [0.4, 0.5) is 5.69 Å². The fourth-order valence-electron chi connectivity index (χ4n) is 5.67. The van der Waals surface area contributed by atoms with Gasteiger partial charge in [-0.2, -0.15) is 0 Å². The van der Waals surface area contributed by atoms with E-state index in [1.807, 2.05) is 0 Å². The van der Waals surface area contributed by atoms with E-state index in [1.165, 1.54) is 95.6 Å². The molecule has 0 aliphatic rings. The first-order chi connectivity index (χ1) is 29.1. The fraction of sp³-hybridized carbons (Fsp3) is 0.841. The number of hydrogen-bond acceptors (Lipinski definition) is 14. The largest absolute Gasteiger partial charge is 0.491 e. The van der Waals surface area contributed by atoms with Crippen LogP contribution < -0.4 is 4.74 Å². The molecule has 0 saturated carbocycles. The van der Waals surface area contributed by atoms with Crippen LogP contribution in [-0.2, 0) is 52.2 Å². The lowest BCUT2D eigenvalue weighted by molar-refractivity contribution is -0.384. The van der Waals surface area contributed by atoms with Crippen molar-refractivity contribution in [1.82, 2.24) is 0 Å². The quantitative estimate of drug-likeness (QED) is 0.0269. The van der Waals surface area contributed by atoms with E-state index in [-0.39, 0.29) is 18.3 Å². The number of rotatable bonds is 48. The van der Waals surface area contributed by atoms with Crippen molar-refractivity contribution in [2.45, 2.75) is 110 Å². The van der Waals surface area contributed by atoms with Crippen LogP contribution in [0, 0.1) is 10.1 Å². The summed E-state index contributed by atoms with van der Waals surface area (Å²) in [6.07, 6.45) is 20.1. The third-order valence-corrected chi connectivity index (χ3v) is 9.00. The number of carbonyl (C=O) groups excluding carboxylic acids is 1.